The minimum atomic E-state index is -0.857. The molecule has 1 heterocycles. The van der Waals surface area contributed by atoms with Crippen LogP contribution in [0.4, 0.5) is 0 Å². The molecule has 4 rings (SSSR count). The van der Waals surface area contributed by atoms with Gasteiger partial charge >= 0.3 is 0 Å². The lowest BCUT2D eigenvalue weighted by atomic mass is 9.85. The molecule has 1 aliphatic heterocycles. The van der Waals surface area contributed by atoms with E-state index in [1.54, 1.807) is 18.2 Å². The van der Waals surface area contributed by atoms with Crippen LogP contribution >= 0.6 is 23.2 Å². The highest BCUT2D eigenvalue weighted by atomic mass is 35.5. The highest BCUT2D eigenvalue weighted by Crippen LogP contribution is 2.35. The number of carbonyl (C=O) groups excluding carboxylic acids is 4. The number of carbonyl (C=O) groups is 4. The van der Waals surface area contributed by atoms with E-state index in [9.17, 15) is 19.2 Å². The van der Waals surface area contributed by atoms with Gasteiger partial charge in [-0.1, -0.05) is 71.8 Å². The topological polar surface area (TPSA) is 86.8 Å². The highest BCUT2D eigenvalue weighted by Gasteiger charge is 2.47. The van der Waals surface area contributed by atoms with Crippen LogP contribution in [-0.4, -0.2) is 53.1 Å². The number of halogens is 2. The number of hydrogen-bond donors (Lipinski definition) is 1. The van der Waals surface area contributed by atoms with Gasteiger partial charge < -0.3 is 10.2 Å². The Balaban J connectivity index is 1.59. The van der Waals surface area contributed by atoms with Gasteiger partial charge in [0.25, 0.3) is 0 Å². The molecule has 4 amide bonds. The minimum absolute atomic E-state index is 0.000672. The number of benzene rings is 2. The summed E-state index contributed by atoms with van der Waals surface area (Å²) in [4.78, 5) is 55.2. The van der Waals surface area contributed by atoms with Crippen LogP contribution in [0.5, 0.6) is 0 Å². The van der Waals surface area contributed by atoms with Gasteiger partial charge in [-0.2, -0.15) is 0 Å². The van der Waals surface area contributed by atoms with E-state index in [1.807, 2.05) is 42.5 Å². The van der Waals surface area contributed by atoms with Crippen LogP contribution in [-0.2, 0) is 32.1 Å². The quantitative estimate of drug-likeness (QED) is 0.383. The molecule has 7 nitrogen and oxygen atoms in total. The fourth-order valence-corrected chi connectivity index (χ4v) is 5.53. The fraction of sp³-hybridized carbons (Fsp3) is 0.357. The van der Waals surface area contributed by atoms with Crippen LogP contribution in [0.1, 0.15) is 30.4 Å². The molecule has 0 spiro atoms. The zero-order valence-corrected chi connectivity index (χ0v) is 22.0. The van der Waals surface area contributed by atoms with Crippen LogP contribution < -0.4 is 5.32 Å². The molecule has 2 aromatic rings. The largest absolute Gasteiger partial charge is 0.357 e. The third kappa shape index (κ3) is 5.89. The lowest BCUT2D eigenvalue weighted by molar-refractivity contribution is -0.144. The number of likely N-dealkylation sites (N-methyl/N-ethyl adjacent to an activating group) is 1. The van der Waals surface area contributed by atoms with Gasteiger partial charge in [0, 0.05) is 48.6 Å². The number of likely N-dealkylation sites (tertiary alicyclic amines) is 1. The van der Waals surface area contributed by atoms with Crippen molar-refractivity contribution in [1.82, 2.24) is 15.1 Å². The molecular weight excluding hydrogens is 513 g/mol. The third-order valence-corrected chi connectivity index (χ3v) is 7.76. The summed E-state index contributed by atoms with van der Waals surface area (Å²) in [6, 6.07) is 13.6. The number of rotatable bonds is 9. The maximum atomic E-state index is 13.7. The predicted octanol–water partition coefficient (Wildman–Crippen LogP) is 4.02. The zero-order chi connectivity index (χ0) is 26.5. The molecule has 0 radical (unpaired) electrons. The van der Waals surface area contributed by atoms with E-state index in [-0.39, 0.29) is 61.4 Å². The van der Waals surface area contributed by atoms with Crippen molar-refractivity contribution >= 4 is 46.8 Å². The van der Waals surface area contributed by atoms with E-state index < -0.39 is 6.04 Å². The van der Waals surface area contributed by atoms with Crippen molar-refractivity contribution in [2.75, 3.05) is 13.6 Å². The summed E-state index contributed by atoms with van der Waals surface area (Å²) in [7, 11) is 1.52. The van der Waals surface area contributed by atoms with Crippen LogP contribution in [0.25, 0.3) is 0 Å². The number of fused-ring (bicyclic) bond motifs is 1. The second kappa shape index (κ2) is 11.9. The molecule has 9 heteroatoms. The van der Waals surface area contributed by atoms with Crippen molar-refractivity contribution in [1.29, 1.82) is 0 Å². The van der Waals surface area contributed by atoms with Gasteiger partial charge in [-0.15, -0.1) is 0 Å². The summed E-state index contributed by atoms with van der Waals surface area (Å²) in [5.74, 6) is -1.91. The first kappa shape index (κ1) is 26.9. The Morgan fingerprint density at radius 1 is 0.973 bits per heavy atom. The summed E-state index contributed by atoms with van der Waals surface area (Å²) in [5.41, 5.74) is 1.40. The highest BCUT2D eigenvalue weighted by molar-refractivity contribution is 6.36. The Kier molecular flexibility index (Phi) is 8.67. The van der Waals surface area contributed by atoms with Crippen molar-refractivity contribution < 1.29 is 19.2 Å². The zero-order valence-electron chi connectivity index (χ0n) is 20.5. The molecule has 0 saturated carbocycles. The Morgan fingerprint density at radius 2 is 1.57 bits per heavy atom. The molecule has 194 valence electrons. The maximum Gasteiger partial charge on any atom is 0.242 e. The van der Waals surface area contributed by atoms with E-state index in [2.05, 4.69) is 5.32 Å². The molecule has 2 aromatic carbocycles. The number of allylic oxidation sites excluding steroid dienone is 2. The van der Waals surface area contributed by atoms with E-state index in [4.69, 9.17) is 23.2 Å². The van der Waals surface area contributed by atoms with Gasteiger partial charge in [0.1, 0.15) is 6.04 Å². The monoisotopic (exact) mass is 541 g/mol. The Morgan fingerprint density at radius 3 is 2.14 bits per heavy atom. The third-order valence-electron chi connectivity index (χ3n) is 7.06. The van der Waals surface area contributed by atoms with E-state index in [0.717, 1.165) is 5.56 Å². The van der Waals surface area contributed by atoms with Crippen molar-refractivity contribution in [2.45, 2.75) is 38.3 Å². The minimum Gasteiger partial charge on any atom is -0.357 e. The lowest BCUT2D eigenvalue weighted by Gasteiger charge is -2.32. The molecule has 1 fully saturated rings. The van der Waals surface area contributed by atoms with Crippen LogP contribution in [0, 0.1) is 11.8 Å². The average molecular weight is 542 g/mol. The smallest absolute Gasteiger partial charge is 0.242 e. The Bertz CT molecular complexity index is 1170. The molecule has 0 unspecified atom stereocenters. The molecule has 0 aromatic heterocycles. The first-order valence-corrected chi connectivity index (χ1v) is 13.1. The van der Waals surface area contributed by atoms with Gasteiger partial charge in [-0.3, -0.25) is 24.1 Å². The summed E-state index contributed by atoms with van der Waals surface area (Å²) >= 11 is 12.8. The van der Waals surface area contributed by atoms with Crippen LogP contribution in [0.15, 0.2) is 60.7 Å². The van der Waals surface area contributed by atoms with Crippen LogP contribution in [0.2, 0.25) is 10.0 Å². The normalized spacial score (nSPS) is 19.5. The predicted molar refractivity (Wildman–Crippen MR) is 142 cm³/mol. The van der Waals surface area contributed by atoms with Crippen LogP contribution in [0.3, 0.4) is 0 Å². The molecule has 2 aliphatic rings. The first-order chi connectivity index (χ1) is 17.8. The second-order valence-electron chi connectivity index (χ2n) is 9.28. The molecule has 0 bridgehead atoms. The lowest BCUT2D eigenvalue weighted by Crippen LogP contribution is -2.50. The average Bonchev–Trinajstić information content (AvgIpc) is 3.15. The van der Waals surface area contributed by atoms with Crippen molar-refractivity contribution in [3.05, 3.63) is 81.9 Å². The van der Waals surface area contributed by atoms with Gasteiger partial charge in [0.2, 0.25) is 23.6 Å². The Labute approximate surface area is 226 Å². The number of hydrogen-bond acceptors (Lipinski definition) is 4. The first-order valence-electron chi connectivity index (χ1n) is 12.3. The standard InChI is InChI=1S/C28H29Cl2N3O4/c1-31-26(35)24(16-18-8-3-2-4-9-18)33(17-21-22(29)12-7-13-23(21)30)25(34)14-15-32-27(36)19-10-5-6-11-20(19)28(32)37/h2-9,12-13,19-20,24H,10-11,14-17H2,1H3,(H,31,35)/t19-,20+,24-/m1/s1. The number of nitrogens with zero attached hydrogens (tertiary/aromatic N) is 2. The van der Waals surface area contributed by atoms with Gasteiger partial charge in [-0.25, -0.2) is 0 Å². The number of amides is 4. The summed E-state index contributed by atoms with van der Waals surface area (Å²) in [6.07, 6.45) is 5.07. The van der Waals surface area contributed by atoms with E-state index in [0.29, 0.717) is 28.5 Å². The Hall–Kier alpha value is -3.16. The van der Waals surface area contributed by atoms with Gasteiger partial charge in [0.05, 0.1) is 11.8 Å². The molecular formula is C28H29Cl2N3O4. The van der Waals surface area contributed by atoms with Crippen molar-refractivity contribution in [2.24, 2.45) is 11.8 Å². The summed E-state index contributed by atoms with van der Waals surface area (Å²) in [5, 5.41) is 3.41. The van der Waals surface area contributed by atoms with E-state index in [1.165, 1.54) is 16.8 Å². The number of nitrogens with one attached hydrogen (secondary N) is 1. The van der Waals surface area contributed by atoms with Gasteiger partial charge in [-0.05, 0) is 30.5 Å². The molecule has 1 aliphatic carbocycles. The second-order valence-corrected chi connectivity index (χ2v) is 10.1. The molecule has 3 atom stereocenters. The van der Waals surface area contributed by atoms with Gasteiger partial charge in [0.15, 0.2) is 0 Å². The maximum absolute atomic E-state index is 13.7. The van der Waals surface area contributed by atoms with E-state index >= 15 is 0 Å². The van der Waals surface area contributed by atoms with Crippen molar-refractivity contribution in [3.63, 3.8) is 0 Å². The van der Waals surface area contributed by atoms with Crippen molar-refractivity contribution in [3.8, 4) is 0 Å². The number of imide groups is 1. The summed E-state index contributed by atoms with van der Waals surface area (Å²) in [6.45, 7) is -0.0403. The fourth-order valence-electron chi connectivity index (χ4n) is 5.01. The molecule has 1 N–H and O–H groups in total. The SMILES string of the molecule is CNC(=O)[C@@H](Cc1ccccc1)N(Cc1c(Cl)cccc1Cl)C(=O)CCN1C(=O)[C@H]2CC=CC[C@H]2C1=O. The molecule has 1 saturated heterocycles. The summed E-state index contributed by atoms with van der Waals surface area (Å²) < 4.78 is 0. The molecule has 37 heavy (non-hydrogen) atoms.